The number of furan rings is 1. The van der Waals surface area contributed by atoms with E-state index in [1.165, 1.54) is 31.1 Å². The van der Waals surface area contributed by atoms with E-state index in [0.29, 0.717) is 12.1 Å². The van der Waals surface area contributed by atoms with Crippen LogP contribution in [0.4, 0.5) is 0 Å². The summed E-state index contributed by atoms with van der Waals surface area (Å²) < 4.78 is 5.93. The van der Waals surface area contributed by atoms with Crippen LogP contribution in [0.3, 0.4) is 0 Å². The normalized spacial score (nSPS) is 24.9. The van der Waals surface area contributed by atoms with Crippen LogP contribution in [-0.4, -0.2) is 6.04 Å². The van der Waals surface area contributed by atoms with Gasteiger partial charge in [0.1, 0.15) is 11.3 Å². The molecule has 102 valence electrons. The molecule has 3 rings (SSSR count). The Morgan fingerprint density at radius 2 is 2.16 bits per heavy atom. The quantitative estimate of drug-likeness (QED) is 0.861. The van der Waals surface area contributed by atoms with Crippen LogP contribution in [0.1, 0.15) is 51.3 Å². The summed E-state index contributed by atoms with van der Waals surface area (Å²) in [5, 5.41) is 4.92. The predicted molar refractivity (Wildman–Crippen MR) is 79.2 cm³/mol. The highest BCUT2D eigenvalue weighted by Gasteiger charge is 2.25. The second-order valence-corrected chi connectivity index (χ2v) is 5.86. The highest BCUT2D eigenvalue weighted by Crippen LogP contribution is 2.30. The first-order chi connectivity index (χ1) is 9.26. The fourth-order valence-corrected chi connectivity index (χ4v) is 3.25. The van der Waals surface area contributed by atoms with Gasteiger partial charge in [0.15, 0.2) is 0 Å². The molecule has 1 aliphatic carbocycles. The van der Waals surface area contributed by atoms with Gasteiger partial charge in [0.2, 0.25) is 0 Å². The van der Waals surface area contributed by atoms with E-state index < -0.39 is 0 Å². The molecule has 19 heavy (non-hydrogen) atoms. The fraction of sp³-hybridized carbons (Fsp3) is 0.529. The Balaban J connectivity index is 1.68. The van der Waals surface area contributed by atoms with Gasteiger partial charge in [-0.1, -0.05) is 31.5 Å². The molecule has 0 saturated heterocycles. The molecule has 1 aromatic heterocycles. The van der Waals surface area contributed by atoms with Gasteiger partial charge in [-0.05, 0) is 44.2 Å². The average Bonchev–Trinajstić information content (AvgIpc) is 3.04. The molecule has 2 aromatic rings. The second-order valence-electron chi connectivity index (χ2n) is 5.86. The number of hydrogen-bond donors (Lipinski definition) is 1. The van der Waals surface area contributed by atoms with Gasteiger partial charge in [-0.25, -0.2) is 0 Å². The molecule has 1 aliphatic rings. The molecule has 2 nitrogen and oxygen atoms in total. The van der Waals surface area contributed by atoms with Crippen LogP contribution in [0.2, 0.25) is 0 Å². The van der Waals surface area contributed by atoms with E-state index in [1.54, 1.807) is 0 Å². The molecule has 0 radical (unpaired) electrons. The third-order valence-electron chi connectivity index (χ3n) is 4.48. The Hall–Kier alpha value is -1.28. The number of rotatable bonds is 4. The van der Waals surface area contributed by atoms with E-state index in [-0.39, 0.29) is 0 Å². The Labute approximate surface area is 115 Å². The lowest BCUT2D eigenvalue weighted by Gasteiger charge is -2.17. The monoisotopic (exact) mass is 257 g/mol. The van der Waals surface area contributed by atoms with Crippen LogP contribution >= 0.6 is 0 Å². The van der Waals surface area contributed by atoms with E-state index in [2.05, 4.69) is 37.4 Å². The molecule has 3 atom stereocenters. The van der Waals surface area contributed by atoms with E-state index in [1.807, 2.05) is 12.1 Å². The van der Waals surface area contributed by atoms with Crippen molar-refractivity contribution in [1.82, 2.24) is 5.32 Å². The highest BCUT2D eigenvalue weighted by atomic mass is 16.3. The first-order valence-electron chi connectivity index (χ1n) is 7.50. The first kappa shape index (κ1) is 12.7. The molecule has 0 amide bonds. The molecule has 1 saturated carbocycles. The second kappa shape index (κ2) is 5.38. The Bertz CT molecular complexity index is 512. The topological polar surface area (TPSA) is 25.2 Å². The van der Waals surface area contributed by atoms with Crippen molar-refractivity contribution in [2.75, 3.05) is 0 Å². The van der Waals surface area contributed by atoms with Crippen molar-refractivity contribution in [3.63, 3.8) is 0 Å². The molecule has 0 bridgehead atoms. The van der Waals surface area contributed by atoms with E-state index in [0.717, 1.165) is 17.3 Å². The van der Waals surface area contributed by atoms with Crippen molar-refractivity contribution < 1.29 is 4.42 Å². The Morgan fingerprint density at radius 3 is 2.89 bits per heavy atom. The van der Waals surface area contributed by atoms with Crippen molar-refractivity contribution in [3.8, 4) is 0 Å². The smallest absolute Gasteiger partial charge is 0.134 e. The van der Waals surface area contributed by atoms with Crippen molar-refractivity contribution in [2.45, 2.75) is 51.6 Å². The van der Waals surface area contributed by atoms with E-state index in [4.69, 9.17) is 4.42 Å². The number of fused-ring (bicyclic) bond motifs is 1. The predicted octanol–water partition coefficient (Wildman–Crippen LogP) is 4.66. The van der Waals surface area contributed by atoms with Crippen LogP contribution in [0.5, 0.6) is 0 Å². The Kier molecular flexibility index (Phi) is 3.61. The van der Waals surface area contributed by atoms with Crippen LogP contribution in [0, 0.1) is 5.92 Å². The molecule has 1 heterocycles. The summed E-state index contributed by atoms with van der Waals surface area (Å²) in [6.45, 7) is 4.51. The maximum atomic E-state index is 5.93. The van der Waals surface area contributed by atoms with Crippen molar-refractivity contribution >= 4 is 11.0 Å². The molecule has 0 spiro atoms. The zero-order chi connectivity index (χ0) is 13.2. The summed E-state index contributed by atoms with van der Waals surface area (Å²) in [6, 6.07) is 11.4. The van der Waals surface area contributed by atoms with Crippen LogP contribution in [0.15, 0.2) is 34.7 Å². The lowest BCUT2D eigenvalue weighted by Crippen LogP contribution is -2.29. The average molecular weight is 257 g/mol. The minimum absolute atomic E-state index is 0.299. The van der Waals surface area contributed by atoms with Crippen LogP contribution in [-0.2, 0) is 0 Å². The molecule has 2 heteroatoms. The van der Waals surface area contributed by atoms with Crippen molar-refractivity contribution in [3.05, 3.63) is 36.1 Å². The van der Waals surface area contributed by atoms with Gasteiger partial charge in [0.25, 0.3) is 0 Å². The summed E-state index contributed by atoms with van der Waals surface area (Å²) in [5.41, 5.74) is 0.990. The Morgan fingerprint density at radius 1 is 1.32 bits per heavy atom. The third-order valence-corrected chi connectivity index (χ3v) is 4.48. The van der Waals surface area contributed by atoms with Crippen molar-refractivity contribution in [1.29, 1.82) is 0 Å². The number of hydrogen-bond acceptors (Lipinski definition) is 2. The van der Waals surface area contributed by atoms with Crippen LogP contribution < -0.4 is 5.32 Å². The maximum Gasteiger partial charge on any atom is 0.134 e. The van der Waals surface area contributed by atoms with Crippen LogP contribution in [0.25, 0.3) is 11.0 Å². The molecule has 1 N–H and O–H groups in total. The van der Waals surface area contributed by atoms with Gasteiger partial charge in [-0.2, -0.15) is 0 Å². The minimum Gasteiger partial charge on any atom is -0.459 e. The summed E-state index contributed by atoms with van der Waals surface area (Å²) in [4.78, 5) is 0. The standard InChI is InChI=1S/C17H23NO/c1-3-13-8-9-15(10-13)18-12(2)17-11-14-6-4-5-7-16(14)19-17/h4-7,11-13,15,18H,3,8-10H2,1-2H3. The van der Waals surface area contributed by atoms with Gasteiger partial charge < -0.3 is 9.73 Å². The number of benzene rings is 1. The number of para-hydroxylation sites is 1. The summed E-state index contributed by atoms with van der Waals surface area (Å²) in [6.07, 6.45) is 5.32. The van der Waals surface area contributed by atoms with Crippen molar-refractivity contribution in [2.24, 2.45) is 5.92 Å². The fourth-order valence-electron chi connectivity index (χ4n) is 3.25. The van der Waals surface area contributed by atoms with E-state index in [9.17, 15) is 0 Å². The molecule has 1 fully saturated rings. The van der Waals surface area contributed by atoms with Gasteiger partial charge >= 0.3 is 0 Å². The molecule has 0 aliphatic heterocycles. The van der Waals surface area contributed by atoms with Gasteiger partial charge in [0, 0.05) is 11.4 Å². The van der Waals surface area contributed by atoms with Gasteiger partial charge in [0.05, 0.1) is 6.04 Å². The van der Waals surface area contributed by atoms with Gasteiger partial charge in [-0.15, -0.1) is 0 Å². The zero-order valence-corrected chi connectivity index (χ0v) is 11.9. The SMILES string of the molecule is CCC1CCC(NC(C)c2cc3ccccc3o2)C1. The molecule has 3 unspecified atom stereocenters. The lowest BCUT2D eigenvalue weighted by molar-refractivity contribution is 0.391. The summed E-state index contributed by atoms with van der Waals surface area (Å²) in [7, 11) is 0. The lowest BCUT2D eigenvalue weighted by atomic mass is 10.1. The third kappa shape index (κ3) is 2.69. The van der Waals surface area contributed by atoms with Gasteiger partial charge in [-0.3, -0.25) is 0 Å². The largest absolute Gasteiger partial charge is 0.459 e. The maximum absolute atomic E-state index is 5.93. The zero-order valence-electron chi connectivity index (χ0n) is 11.9. The highest BCUT2D eigenvalue weighted by molar-refractivity contribution is 5.77. The summed E-state index contributed by atoms with van der Waals surface area (Å²) >= 11 is 0. The van der Waals surface area contributed by atoms with E-state index >= 15 is 0 Å². The summed E-state index contributed by atoms with van der Waals surface area (Å²) in [5.74, 6) is 1.97. The molecular formula is C17H23NO. The molecular weight excluding hydrogens is 234 g/mol. The first-order valence-corrected chi connectivity index (χ1v) is 7.50. The molecule has 1 aromatic carbocycles. The minimum atomic E-state index is 0.299. The number of nitrogens with one attached hydrogen (secondary N) is 1.